The first-order chi connectivity index (χ1) is 13.7. The summed E-state index contributed by atoms with van der Waals surface area (Å²) in [5, 5.41) is 2.88. The van der Waals surface area contributed by atoms with E-state index < -0.39 is 16.1 Å². The largest absolute Gasteiger partial charge is 0.494 e. The van der Waals surface area contributed by atoms with Gasteiger partial charge < -0.3 is 10.1 Å². The Morgan fingerprint density at radius 1 is 1.10 bits per heavy atom. The lowest BCUT2D eigenvalue weighted by Crippen LogP contribution is -2.49. The third-order valence-corrected chi connectivity index (χ3v) is 5.70. The maximum Gasteiger partial charge on any atom is 0.244 e. The Labute approximate surface area is 173 Å². The number of anilines is 1. The quantitative estimate of drug-likeness (QED) is 0.676. The molecule has 0 spiro atoms. The number of carbonyl (C=O) groups is 1. The summed E-state index contributed by atoms with van der Waals surface area (Å²) < 4.78 is 32.0. The Bertz CT molecular complexity index is 937. The average Bonchev–Trinajstić information content (AvgIpc) is 2.63. The second-order valence-electron chi connectivity index (χ2n) is 7.09. The van der Waals surface area contributed by atoms with Gasteiger partial charge in [-0.05, 0) is 56.5 Å². The summed E-state index contributed by atoms with van der Waals surface area (Å²) in [7, 11) is -3.66. The van der Waals surface area contributed by atoms with Crippen LogP contribution in [0.1, 0.15) is 37.0 Å². The maximum absolute atomic E-state index is 13.0. The molecule has 0 fully saturated rings. The molecule has 158 valence electrons. The van der Waals surface area contributed by atoms with Crippen molar-refractivity contribution in [2.45, 2.75) is 46.7 Å². The van der Waals surface area contributed by atoms with Gasteiger partial charge in [-0.1, -0.05) is 31.2 Å². The molecular formula is C22H30N2O4S. The third kappa shape index (κ3) is 5.97. The Balaban J connectivity index is 2.30. The molecule has 1 amide bonds. The Kier molecular flexibility index (Phi) is 7.67. The molecule has 1 N–H and O–H groups in total. The molecule has 7 heteroatoms. The Morgan fingerprint density at radius 3 is 2.28 bits per heavy atom. The first kappa shape index (κ1) is 22.7. The van der Waals surface area contributed by atoms with Gasteiger partial charge in [0.25, 0.3) is 0 Å². The number of hydrogen-bond acceptors (Lipinski definition) is 4. The molecule has 0 unspecified atom stereocenters. The number of amides is 1. The van der Waals surface area contributed by atoms with E-state index in [2.05, 4.69) is 5.32 Å². The number of nitrogens with one attached hydrogen (secondary N) is 1. The highest BCUT2D eigenvalue weighted by molar-refractivity contribution is 7.92. The fraction of sp³-hybridized carbons (Fsp3) is 0.409. The summed E-state index contributed by atoms with van der Waals surface area (Å²) in [4.78, 5) is 13.0. The van der Waals surface area contributed by atoms with Gasteiger partial charge >= 0.3 is 0 Å². The van der Waals surface area contributed by atoms with Crippen LogP contribution in [0.15, 0.2) is 42.5 Å². The van der Waals surface area contributed by atoms with Crippen LogP contribution in [0.2, 0.25) is 0 Å². The van der Waals surface area contributed by atoms with E-state index in [0.717, 1.165) is 22.9 Å². The van der Waals surface area contributed by atoms with E-state index in [-0.39, 0.29) is 12.5 Å². The molecule has 0 saturated heterocycles. The summed E-state index contributed by atoms with van der Waals surface area (Å²) in [6, 6.07) is 12.2. The van der Waals surface area contributed by atoms with Gasteiger partial charge in [-0.2, -0.15) is 0 Å². The smallest absolute Gasteiger partial charge is 0.244 e. The average molecular weight is 419 g/mol. The van der Waals surface area contributed by atoms with Crippen LogP contribution < -0.4 is 14.4 Å². The summed E-state index contributed by atoms with van der Waals surface area (Å²) in [6.45, 7) is 8.30. The van der Waals surface area contributed by atoms with E-state index >= 15 is 0 Å². The molecule has 0 aromatic heterocycles. The lowest BCUT2D eigenvalue weighted by molar-refractivity contribution is -0.122. The van der Waals surface area contributed by atoms with Crippen LogP contribution >= 0.6 is 0 Å². The Hall–Kier alpha value is -2.54. The zero-order valence-corrected chi connectivity index (χ0v) is 18.5. The molecule has 0 aliphatic carbocycles. The van der Waals surface area contributed by atoms with E-state index in [1.165, 1.54) is 4.31 Å². The first-order valence-corrected chi connectivity index (χ1v) is 11.6. The van der Waals surface area contributed by atoms with Crippen LogP contribution in [0.25, 0.3) is 0 Å². The molecule has 29 heavy (non-hydrogen) atoms. The van der Waals surface area contributed by atoms with Gasteiger partial charge in [-0.25, -0.2) is 8.42 Å². The summed E-state index contributed by atoms with van der Waals surface area (Å²) in [6.07, 6.45) is 1.48. The number of rotatable bonds is 9. The number of aryl methyl sites for hydroxylation is 2. The SMILES string of the molecule is CCOc1ccccc1CNC(=O)[C@@H](CC)N(c1cc(C)cc(C)c1)S(C)(=O)=O. The second kappa shape index (κ2) is 9.78. The predicted octanol–water partition coefficient (Wildman–Crippen LogP) is 3.56. The highest BCUT2D eigenvalue weighted by Crippen LogP contribution is 2.25. The first-order valence-electron chi connectivity index (χ1n) is 9.73. The van der Waals surface area contributed by atoms with Crippen molar-refractivity contribution in [1.29, 1.82) is 0 Å². The number of benzene rings is 2. The van der Waals surface area contributed by atoms with Crippen molar-refractivity contribution in [2.24, 2.45) is 0 Å². The van der Waals surface area contributed by atoms with Crippen molar-refractivity contribution >= 4 is 21.6 Å². The predicted molar refractivity (Wildman–Crippen MR) is 117 cm³/mol. The maximum atomic E-state index is 13.0. The van der Waals surface area contributed by atoms with Crippen molar-refractivity contribution in [1.82, 2.24) is 5.32 Å². The van der Waals surface area contributed by atoms with Crippen molar-refractivity contribution in [3.05, 3.63) is 59.2 Å². The van der Waals surface area contributed by atoms with Crippen molar-refractivity contribution < 1.29 is 17.9 Å². The zero-order chi connectivity index (χ0) is 21.6. The molecule has 0 heterocycles. The van der Waals surface area contributed by atoms with Crippen LogP contribution in [0.4, 0.5) is 5.69 Å². The Morgan fingerprint density at radius 2 is 1.72 bits per heavy atom. The minimum absolute atomic E-state index is 0.260. The lowest BCUT2D eigenvalue weighted by Gasteiger charge is -2.30. The van der Waals surface area contributed by atoms with Gasteiger partial charge in [0.1, 0.15) is 11.8 Å². The normalized spacial score (nSPS) is 12.3. The third-order valence-electron chi connectivity index (χ3n) is 4.52. The minimum atomic E-state index is -3.66. The molecular weight excluding hydrogens is 388 g/mol. The minimum Gasteiger partial charge on any atom is -0.494 e. The molecule has 0 bridgehead atoms. The van der Waals surface area contributed by atoms with Gasteiger partial charge in [0.15, 0.2) is 0 Å². The van der Waals surface area contributed by atoms with Gasteiger partial charge in [0.05, 0.1) is 18.6 Å². The highest BCUT2D eigenvalue weighted by Gasteiger charge is 2.31. The number of hydrogen-bond donors (Lipinski definition) is 1. The topological polar surface area (TPSA) is 75.7 Å². The second-order valence-corrected chi connectivity index (χ2v) is 8.95. The summed E-state index contributed by atoms with van der Waals surface area (Å²) in [5.41, 5.74) is 3.22. The van der Waals surface area contributed by atoms with Gasteiger partial charge in [0.2, 0.25) is 15.9 Å². The van der Waals surface area contributed by atoms with E-state index in [1.807, 2.05) is 51.1 Å². The fourth-order valence-corrected chi connectivity index (χ4v) is 4.58. The van der Waals surface area contributed by atoms with Crippen LogP contribution in [0.3, 0.4) is 0 Å². The van der Waals surface area contributed by atoms with Crippen molar-refractivity contribution in [2.75, 3.05) is 17.2 Å². The molecule has 0 aliphatic rings. The number of para-hydroxylation sites is 1. The van der Waals surface area contributed by atoms with Crippen molar-refractivity contribution in [3.8, 4) is 5.75 Å². The summed E-state index contributed by atoms with van der Waals surface area (Å²) >= 11 is 0. The molecule has 1 atom stereocenters. The number of carbonyl (C=O) groups excluding carboxylic acids is 1. The molecule has 2 rings (SSSR count). The molecule has 0 saturated carbocycles. The van der Waals surface area contributed by atoms with E-state index in [4.69, 9.17) is 4.74 Å². The molecule has 6 nitrogen and oxygen atoms in total. The highest BCUT2D eigenvalue weighted by atomic mass is 32.2. The van der Waals surface area contributed by atoms with Gasteiger partial charge in [-0.3, -0.25) is 9.10 Å². The standard InChI is InChI=1S/C22H30N2O4S/c1-6-20(22(25)23-15-18-10-8-9-11-21(18)28-7-2)24(29(5,26)27)19-13-16(3)12-17(4)14-19/h8-14,20H,6-7,15H2,1-5H3,(H,23,25)/t20-/m1/s1. The van der Waals surface area contributed by atoms with Crippen LogP contribution in [-0.2, 0) is 21.4 Å². The lowest BCUT2D eigenvalue weighted by atomic mass is 10.1. The molecule has 0 aliphatic heterocycles. The van der Waals surface area contributed by atoms with Crippen LogP contribution in [-0.4, -0.2) is 33.2 Å². The number of sulfonamides is 1. The summed E-state index contributed by atoms with van der Waals surface area (Å²) in [5.74, 6) is 0.362. The molecule has 2 aromatic carbocycles. The van der Waals surface area contributed by atoms with Crippen LogP contribution in [0.5, 0.6) is 5.75 Å². The van der Waals surface area contributed by atoms with Crippen molar-refractivity contribution in [3.63, 3.8) is 0 Å². The van der Waals surface area contributed by atoms with E-state index in [9.17, 15) is 13.2 Å². The van der Waals surface area contributed by atoms with Crippen LogP contribution in [0, 0.1) is 13.8 Å². The zero-order valence-electron chi connectivity index (χ0n) is 17.7. The van der Waals surface area contributed by atoms with E-state index in [1.54, 1.807) is 19.1 Å². The monoisotopic (exact) mass is 418 g/mol. The number of nitrogens with zero attached hydrogens (tertiary/aromatic N) is 1. The fourth-order valence-electron chi connectivity index (χ4n) is 3.38. The van der Waals surface area contributed by atoms with Gasteiger partial charge in [0, 0.05) is 12.1 Å². The number of ether oxygens (including phenoxy) is 1. The molecule has 0 radical (unpaired) electrons. The van der Waals surface area contributed by atoms with Gasteiger partial charge in [-0.15, -0.1) is 0 Å². The molecule has 2 aromatic rings. The van der Waals surface area contributed by atoms with E-state index in [0.29, 0.717) is 24.5 Å².